The van der Waals surface area contributed by atoms with Crippen LogP contribution >= 0.6 is 11.8 Å². The minimum atomic E-state index is -0.0177. The Bertz CT molecular complexity index is 624. The molecule has 0 saturated carbocycles. The highest BCUT2D eigenvalue weighted by Crippen LogP contribution is 2.53. The molecule has 2 aromatic carbocycles. The molecular weight excluding hydrogens is 268 g/mol. The molecule has 0 spiro atoms. The topological polar surface area (TPSA) is 18.5 Å². The highest BCUT2D eigenvalue weighted by molar-refractivity contribution is 8.00. The van der Waals surface area contributed by atoms with Crippen LogP contribution in [0.25, 0.3) is 0 Å². The van der Waals surface area contributed by atoms with Crippen molar-refractivity contribution in [1.29, 1.82) is 0 Å². The molecule has 1 atom stereocenters. The third kappa shape index (κ3) is 1.97. The second-order valence-electron chi connectivity index (χ2n) is 5.05. The van der Waals surface area contributed by atoms with E-state index in [0.717, 1.165) is 17.3 Å². The molecule has 2 nitrogen and oxygen atoms in total. The average Bonchev–Trinajstić information content (AvgIpc) is 2.84. The maximum absolute atomic E-state index is 5.46. The second kappa shape index (κ2) is 5.06. The average molecular weight is 286 g/mol. The minimum Gasteiger partial charge on any atom is -0.493 e. The van der Waals surface area contributed by atoms with Crippen molar-refractivity contribution in [3.8, 4) is 11.5 Å². The molecule has 0 saturated heterocycles. The van der Waals surface area contributed by atoms with E-state index in [1.807, 2.05) is 11.8 Å². The van der Waals surface area contributed by atoms with Crippen LogP contribution in [-0.4, -0.2) is 14.2 Å². The highest BCUT2D eigenvalue weighted by atomic mass is 32.2. The molecule has 0 radical (unpaired) electrons. The summed E-state index contributed by atoms with van der Waals surface area (Å²) in [5, 5.41) is 0. The van der Waals surface area contributed by atoms with Gasteiger partial charge in [-0.3, -0.25) is 0 Å². The molecule has 0 aliphatic carbocycles. The van der Waals surface area contributed by atoms with Crippen molar-refractivity contribution < 1.29 is 9.47 Å². The number of rotatable bonds is 3. The quantitative estimate of drug-likeness (QED) is 0.842. The molecule has 1 heterocycles. The number of methoxy groups -OCH3 is 2. The number of thioether (sulfide) groups is 1. The Morgan fingerprint density at radius 2 is 1.65 bits per heavy atom. The summed E-state index contributed by atoms with van der Waals surface area (Å²) in [6, 6.07) is 14.9. The highest BCUT2D eigenvalue weighted by Gasteiger charge is 2.37. The molecule has 2 aromatic rings. The lowest BCUT2D eigenvalue weighted by Crippen LogP contribution is -2.16. The fourth-order valence-corrected chi connectivity index (χ4v) is 4.11. The molecular formula is C17H18O2S. The Morgan fingerprint density at radius 3 is 2.30 bits per heavy atom. The maximum atomic E-state index is 5.46. The molecule has 104 valence electrons. The van der Waals surface area contributed by atoms with Gasteiger partial charge in [0.2, 0.25) is 0 Å². The van der Waals surface area contributed by atoms with E-state index in [1.165, 1.54) is 16.7 Å². The summed E-state index contributed by atoms with van der Waals surface area (Å²) in [5.41, 5.74) is 3.99. The van der Waals surface area contributed by atoms with Gasteiger partial charge in [-0.1, -0.05) is 30.3 Å². The predicted molar refractivity (Wildman–Crippen MR) is 83.7 cm³/mol. The second-order valence-corrected chi connectivity index (χ2v) is 6.45. The SMILES string of the molecule is COc1cc2c(cc1OC)C(C)(c1ccccc1)SC2. The Hall–Kier alpha value is -1.61. The zero-order valence-corrected chi connectivity index (χ0v) is 12.8. The molecule has 0 aromatic heterocycles. The molecule has 3 rings (SSSR count). The molecule has 0 amide bonds. The first-order valence-corrected chi connectivity index (χ1v) is 7.62. The van der Waals surface area contributed by atoms with E-state index in [1.54, 1.807) is 14.2 Å². The van der Waals surface area contributed by atoms with Gasteiger partial charge in [0.25, 0.3) is 0 Å². The zero-order valence-electron chi connectivity index (χ0n) is 12.0. The van der Waals surface area contributed by atoms with Crippen LogP contribution in [0.3, 0.4) is 0 Å². The Labute approximate surface area is 124 Å². The normalized spacial score (nSPS) is 20.6. The lowest BCUT2D eigenvalue weighted by molar-refractivity contribution is 0.354. The van der Waals surface area contributed by atoms with Gasteiger partial charge >= 0.3 is 0 Å². The molecule has 1 unspecified atom stereocenters. The first-order chi connectivity index (χ1) is 9.69. The smallest absolute Gasteiger partial charge is 0.161 e. The molecule has 20 heavy (non-hydrogen) atoms. The molecule has 0 fully saturated rings. The van der Waals surface area contributed by atoms with Gasteiger partial charge in [0, 0.05) is 5.75 Å². The summed E-state index contributed by atoms with van der Waals surface area (Å²) in [6.07, 6.45) is 0. The van der Waals surface area contributed by atoms with Crippen LogP contribution in [-0.2, 0) is 10.5 Å². The van der Waals surface area contributed by atoms with E-state index >= 15 is 0 Å². The van der Waals surface area contributed by atoms with Crippen molar-refractivity contribution in [3.05, 3.63) is 59.2 Å². The monoisotopic (exact) mass is 286 g/mol. The van der Waals surface area contributed by atoms with Crippen molar-refractivity contribution in [2.75, 3.05) is 14.2 Å². The lowest BCUT2D eigenvalue weighted by atomic mass is 9.89. The number of fused-ring (bicyclic) bond motifs is 1. The number of hydrogen-bond acceptors (Lipinski definition) is 3. The fraction of sp³-hybridized carbons (Fsp3) is 0.294. The molecule has 3 heteroatoms. The van der Waals surface area contributed by atoms with Gasteiger partial charge in [-0.25, -0.2) is 0 Å². The van der Waals surface area contributed by atoms with E-state index in [4.69, 9.17) is 9.47 Å². The van der Waals surface area contributed by atoms with Crippen molar-refractivity contribution >= 4 is 11.8 Å². The summed E-state index contributed by atoms with van der Waals surface area (Å²) in [7, 11) is 3.37. The molecule has 0 bridgehead atoms. The van der Waals surface area contributed by atoms with Crippen LogP contribution in [0, 0.1) is 0 Å². The third-order valence-corrected chi connectivity index (χ3v) is 5.45. The van der Waals surface area contributed by atoms with Crippen LogP contribution in [0.5, 0.6) is 11.5 Å². The summed E-state index contributed by atoms with van der Waals surface area (Å²) in [4.78, 5) is 0. The van der Waals surface area contributed by atoms with Crippen LogP contribution in [0.2, 0.25) is 0 Å². The minimum absolute atomic E-state index is 0.0177. The van der Waals surface area contributed by atoms with E-state index < -0.39 is 0 Å². The number of ether oxygens (including phenoxy) is 2. The molecule has 1 aliphatic heterocycles. The molecule has 1 aliphatic rings. The van der Waals surface area contributed by atoms with Crippen molar-refractivity contribution in [3.63, 3.8) is 0 Å². The van der Waals surface area contributed by atoms with Crippen LogP contribution in [0.1, 0.15) is 23.6 Å². The first-order valence-electron chi connectivity index (χ1n) is 6.64. The largest absolute Gasteiger partial charge is 0.493 e. The Morgan fingerprint density at radius 1 is 1.00 bits per heavy atom. The third-order valence-electron chi connectivity index (χ3n) is 3.96. The van der Waals surface area contributed by atoms with Gasteiger partial charge in [0.15, 0.2) is 11.5 Å². The van der Waals surface area contributed by atoms with Crippen LogP contribution in [0.15, 0.2) is 42.5 Å². The van der Waals surface area contributed by atoms with Gasteiger partial charge in [0.05, 0.1) is 19.0 Å². The van der Waals surface area contributed by atoms with E-state index in [2.05, 4.69) is 49.4 Å². The van der Waals surface area contributed by atoms with Gasteiger partial charge in [-0.15, -0.1) is 11.8 Å². The van der Waals surface area contributed by atoms with E-state index in [-0.39, 0.29) is 4.75 Å². The zero-order chi connectivity index (χ0) is 14.2. The number of hydrogen-bond donors (Lipinski definition) is 0. The predicted octanol–water partition coefficient (Wildman–Crippen LogP) is 4.21. The van der Waals surface area contributed by atoms with E-state index in [9.17, 15) is 0 Å². The Balaban J connectivity index is 2.14. The van der Waals surface area contributed by atoms with E-state index in [0.29, 0.717) is 0 Å². The first kappa shape index (κ1) is 13.4. The summed E-state index contributed by atoms with van der Waals surface area (Å²) in [6.45, 7) is 2.28. The summed E-state index contributed by atoms with van der Waals surface area (Å²) < 4.78 is 10.8. The van der Waals surface area contributed by atoms with Crippen molar-refractivity contribution in [2.45, 2.75) is 17.4 Å². The fourth-order valence-electron chi connectivity index (χ4n) is 2.78. The van der Waals surface area contributed by atoms with Crippen LogP contribution in [0.4, 0.5) is 0 Å². The van der Waals surface area contributed by atoms with Crippen molar-refractivity contribution in [1.82, 2.24) is 0 Å². The summed E-state index contributed by atoms with van der Waals surface area (Å²) in [5.74, 6) is 2.61. The maximum Gasteiger partial charge on any atom is 0.161 e. The van der Waals surface area contributed by atoms with Gasteiger partial charge < -0.3 is 9.47 Å². The number of benzene rings is 2. The molecule has 0 N–H and O–H groups in total. The van der Waals surface area contributed by atoms with Crippen LogP contribution < -0.4 is 9.47 Å². The van der Waals surface area contributed by atoms with Crippen molar-refractivity contribution in [2.24, 2.45) is 0 Å². The Kier molecular flexibility index (Phi) is 3.38. The van der Waals surface area contributed by atoms with Gasteiger partial charge in [-0.05, 0) is 35.7 Å². The van der Waals surface area contributed by atoms with Gasteiger partial charge in [-0.2, -0.15) is 0 Å². The van der Waals surface area contributed by atoms with Gasteiger partial charge in [0.1, 0.15) is 0 Å². The lowest BCUT2D eigenvalue weighted by Gasteiger charge is -2.26. The standard InChI is InChI=1S/C17H18O2S/c1-17(13-7-5-4-6-8-13)14-10-16(19-3)15(18-2)9-12(14)11-20-17/h4-10H,11H2,1-3H3. The summed E-state index contributed by atoms with van der Waals surface area (Å²) >= 11 is 1.95.